The van der Waals surface area contributed by atoms with Gasteiger partial charge in [0.25, 0.3) is 0 Å². The van der Waals surface area contributed by atoms with Crippen LogP contribution in [0, 0.1) is 17.2 Å². The fourth-order valence-corrected chi connectivity index (χ4v) is 3.49. The zero-order chi connectivity index (χ0) is 12.5. The molecular formula is C14H20N4. The minimum Gasteiger partial charge on any atom is -0.382 e. The number of nitrogens with zero attached hydrogens (tertiary/aromatic N) is 2. The van der Waals surface area contributed by atoms with Crippen molar-refractivity contribution in [3.05, 3.63) is 24.0 Å². The monoisotopic (exact) mass is 244 g/mol. The predicted molar refractivity (Wildman–Crippen MR) is 72.9 cm³/mol. The highest BCUT2D eigenvalue weighted by molar-refractivity contribution is 5.98. The summed E-state index contributed by atoms with van der Waals surface area (Å²) >= 11 is 0. The second-order valence-electron chi connectivity index (χ2n) is 5.59. The highest BCUT2D eigenvalue weighted by atomic mass is 15.2. The Morgan fingerprint density at radius 2 is 2.06 bits per heavy atom. The molecule has 1 aliphatic carbocycles. The Kier molecular flexibility index (Phi) is 2.94. The molecule has 1 saturated heterocycles. The fourth-order valence-electron chi connectivity index (χ4n) is 3.49. The van der Waals surface area contributed by atoms with Crippen LogP contribution in [-0.4, -0.2) is 23.9 Å². The molecule has 0 radical (unpaired) electrons. The van der Waals surface area contributed by atoms with Gasteiger partial charge in [0.05, 0.1) is 5.69 Å². The smallest absolute Gasteiger partial charge is 0.143 e. The average Bonchev–Trinajstić information content (AvgIpc) is 2.38. The molecule has 1 saturated carbocycles. The molecule has 2 aliphatic rings. The first-order valence-corrected chi connectivity index (χ1v) is 6.78. The SMILES string of the molecule is N=C(N)c1ncccc1N1CC2CCCC(C2)C1. The summed E-state index contributed by atoms with van der Waals surface area (Å²) in [4.78, 5) is 6.65. The van der Waals surface area contributed by atoms with Crippen LogP contribution in [-0.2, 0) is 0 Å². The molecule has 4 heteroatoms. The number of anilines is 1. The van der Waals surface area contributed by atoms with Crippen molar-refractivity contribution >= 4 is 11.5 Å². The van der Waals surface area contributed by atoms with Crippen LogP contribution in [0.4, 0.5) is 5.69 Å². The highest BCUT2D eigenvalue weighted by Crippen LogP contribution is 2.36. The van der Waals surface area contributed by atoms with E-state index in [2.05, 4.69) is 9.88 Å². The lowest BCUT2D eigenvalue weighted by atomic mass is 9.78. The molecule has 1 aromatic heterocycles. The zero-order valence-corrected chi connectivity index (χ0v) is 10.6. The molecule has 96 valence electrons. The number of fused-ring (bicyclic) bond motifs is 2. The number of nitrogen functional groups attached to an aromatic ring is 1. The Labute approximate surface area is 108 Å². The van der Waals surface area contributed by atoms with E-state index in [1.165, 1.54) is 25.7 Å². The zero-order valence-electron chi connectivity index (χ0n) is 10.6. The lowest BCUT2D eigenvalue weighted by Gasteiger charge is -2.42. The molecule has 18 heavy (non-hydrogen) atoms. The van der Waals surface area contributed by atoms with Crippen LogP contribution < -0.4 is 10.6 Å². The molecule has 4 nitrogen and oxygen atoms in total. The standard InChI is InChI=1S/C14H20N4/c15-14(16)13-12(5-2-6-17-13)18-8-10-3-1-4-11(7-10)9-18/h2,5-6,10-11H,1,3-4,7-9H2,(H3,15,16). The summed E-state index contributed by atoms with van der Waals surface area (Å²) in [5.41, 5.74) is 7.31. The summed E-state index contributed by atoms with van der Waals surface area (Å²) in [6.45, 7) is 2.20. The van der Waals surface area contributed by atoms with E-state index >= 15 is 0 Å². The van der Waals surface area contributed by atoms with E-state index in [1.54, 1.807) is 6.20 Å². The summed E-state index contributed by atoms with van der Waals surface area (Å²) in [5.74, 6) is 1.70. The summed E-state index contributed by atoms with van der Waals surface area (Å²) in [7, 11) is 0. The summed E-state index contributed by atoms with van der Waals surface area (Å²) in [5, 5.41) is 7.64. The Morgan fingerprint density at radius 3 is 2.72 bits per heavy atom. The normalized spacial score (nSPS) is 27.0. The van der Waals surface area contributed by atoms with E-state index in [-0.39, 0.29) is 5.84 Å². The second kappa shape index (κ2) is 4.59. The van der Waals surface area contributed by atoms with E-state index in [0.29, 0.717) is 5.69 Å². The number of hydrogen-bond donors (Lipinski definition) is 2. The fraction of sp³-hybridized carbons (Fsp3) is 0.571. The van der Waals surface area contributed by atoms with Crippen LogP contribution in [0.3, 0.4) is 0 Å². The van der Waals surface area contributed by atoms with E-state index in [0.717, 1.165) is 30.6 Å². The Morgan fingerprint density at radius 1 is 1.33 bits per heavy atom. The van der Waals surface area contributed by atoms with Gasteiger partial charge in [-0.2, -0.15) is 0 Å². The number of nitrogens with two attached hydrogens (primary N) is 1. The van der Waals surface area contributed by atoms with Gasteiger partial charge in [0.15, 0.2) is 0 Å². The van der Waals surface area contributed by atoms with Gasteiger partial charge in [-0.1, -0.05) is 6.42 Å². The van der Waals surface area contributed by atoms with Crippen LogP contribution in [0.25, 0.3) is 0 Å². The van der Waals surface area contributed by atoms with Crippen LogP contribution >= 0.6 is 0 Å². The van der Waals surface area contributed by atoms with Gasteiger partial charge in [-0.05, 0) is 43.2 Å². The molecule has 3 N–H and O–H groups in total. The lowest BCUT2D eigenvalue weighted by Crippen LogP contribution is -2.43. The number of aromatic nitrogens is 1. The lowest BCUT2D eigenvalue weighted by molar-refractivity contribution is 0.231. The highest BCUT2D eigenvalue weighted by Gasteiger charge is 2.31. The van der Waals surface area contributed by atoms with Crippen molar-refractivity contribution in [2.24, 2.45) is 17.6 Å². The number of pyridine rings is 1. The molecule has 0 amide bonds. The molecule has 2 fully saturated rings. The van der Waals surface area contributed by atoms with E-state index < -0.39 is 0 Å². The first kappa shape index (κ1) is 11.5. The molecular weight excluding hydrogens is 224 g/mol. The predicted octanol–water partition coefficient (Wildman–Crippen LogP) is 1.99. The van der Waals surface area contributed by atoms with Crippen molar-refractivity contribution in [1.82, 2.24) is 4.98 Å². The number of rotatable bonds is 2. The first-order chi connectivity index (χ1) is 8.74. The quantitative estimate of drug-likeness (QED) is 0.617. The summed E-state index contributed by atoms with van der Waals surface area (Å²) in [6.07, 6.45) is 7.18. The summed E-state index contributed by atoms with van der Waals surface area (Å²) in [6, 6.07) is 3.98. The average molecular weight is 244 g/mol. The number of hydrogen-bond acceptors (Lipinski definition) is 3. The van der Waals surface area contributed by atoms with Gasteiger partial charge in [0.2, 0.25) is 0 Å². The van der Waals surface area contributed by atoms with Gasteiger partial charge < -0.3 is 10.6 Å². The number of nitrogens with one attached hydrogen (secondary N) is 1. The van der Waals surface area contributed by atoms with Crippen molar-refractivity contribution in [2.45, 2.75) is 25.7 Å². The van der Waals surface area contributed by atoms with Gasteiger partial charge >= 0.3 is 0 Å². The maximum Gasteiger partial charge on any atom is 0.143 e. The minimum atomic E-state index is 0.0707. The third-order valence-corrected chi connectivity index (χ3v) is 4.23. The van der Waals surface area contributed by atoms with E-state index in [4.69, 9.17) is 11.1 Å². The Balaban J connectivity index is 1.88. The van der Waals surface area contributed by atoms with Crippen molar-refractivity contribution in [1.29, 1.82) is 5.41 Å². The first-order valence-electron chi connectivity index (χ1n) is 6.78. The maximum absolute atomic E-state index is 7.64. The van der Waals surface area contributed by atoms with Crippen molar-refractivity contribution in [2.75, 3.05) is 18.0 Å². The molecule has 1 aliphatic heterocycles. The molecule has 1 aromatic rings. The molecule has 2 atom stereocenters. The Hall–Kier alpha value is -1.58. The number of piperidine rings is 1. The third-order valence-electron chi connectivity index (χ3n) is 4.23. The van der Waals surface area contributed by atoms with Crippen LogP contribution in [0.1, 0.15) is 31.4 Å². The van der Waals surface area contributed by atoms with E-state index in [9.17, 15) is 0 Å². The Bertz CT molecular complexity index is 445. The number of amidine groups is 1. The second-order valence-corrected chi connectivity index (χ2v) is 5.59. The van der Waals surface area contributed by atoms with Gasteiger partial charge in [0, 0.05) is 19.3 Å². The van der Waals surface area contributed by atoms with Crippen molar-refractivity contribution in [3.8, 4) is 0 Å². The molecule has 3 rings (SSSR count). The molecule has 0 aromatic carbocycles. The van der Waals surface area contributed by atoms with Crippen LogP contribution in [0.15, 0.2) is 18.3 Å². The maximum atomic E-state index is 7.64. The third kappa shape index (κ3) is 2.07. The van der Waals surface area contributed by atoms with Crippen LogP contribution in [0.5, 0.6) is 0 Å². The van der Waals surface area contributed by atoms with Crippen LogP contribution in [0.2, 0.25) is 0 Å². The summed E-state index contributed by atoms with van der Waals surface area (Å²) < 4.78 is 0. The van der Waals surface area contributed by atoms with Gasteiger partial charge in [-0.15, -0.1) is 0 Å². The molecule has 2 bridgehead atoms. The molecule has 2 heterocycles. The van der Waals surface area contributed by atoms with Gasteiger partial charge in [-0.3, -0.25) is 10.4 Å². The van der Waals surface area contributed by atoms with Crippen molar-refractivity contribution in [3.63, 3.8) is 0 Å². The topological polar surface area (TPSA) is 66.0 Å². The van der Waals surface area contributed by atoms with Gasteiger partial charge in [-0.25, -0.2) is 0 Å². The van der Waals surface area contributed by atoms with E-state index in [1.807, 2.05) is 12.1 Å². The van der Waals surface area contributed by atoms with Gasteiger partial charge in [0.1, 0.15) is 11.5 Å². The molecule has 2 unspecified atom stereocenters. The van der Waals surface area contributed by atoms with Crippen molar-refractivity contribution < 1.29 is 0 Å². The largest absolute Gasteiger partial charge is 0.382 e. The minimum absolute atomic E-state index is 0.0707. The molecule has 0 spiro atoms.